The normalized spacial score (nSPS) is 12.1. The molecule has 0 radical (unpaired) electrons. The summed E-state index contributed by atoms with van der Waals surface area (Å²) in [5.74, 6) is -0.256. The van der Waals surface area contributed by atoms with E-state index in [0.29, 0.717) is 12.2 Å². The van der Waals surface area contributed by atoms with Crippen molar-refractivity contribution in [3.8, 4) is 0 Å². The highest BCUT2D eigenvalue weighted by atomic mass is 79.9. The Kier molecular flexibility index (Phi) is 5.25. The van der Waals surface area contributed by atoms with Gasteiger partial charge in [-0.05, 0) is 18.6 Å². The van der Waals surface area contributed by atoms with Crippen molar-refractivity contribution in [1.82, 2.24) is 4.98 Å². The largest absolute Gasteiger partial charge is 0.480 e. The molecule has 5 heteroatoms. The van der Waals surface area contributed by atoms with Gasteiger partial charge in [-0.25, -0.2) is 9.78 Å². The Hall–Kier alpha value is -1.10. The number of unbranched alkanes of at least 4 members (excludes halogenated alkanes) is 1. The molecule has 0 saturated carbocycles. The van der Waals surface area contributed by atoms with Gasteiger partial charge >= 0.3 is 5.97 Å². The predicted octanol–water partition coefficient (Wildman–Crippen LogP) is 2.90. The van der Waals surface area contributed by atoms with Crippen LogP contribution in [0.3, 0.4) is 0 Å². The first-order valence-electron chi connectivity index (χ1n) is 5.24. The Labute approximate surface area is 103 Å². The van der Waals surface area contributed by atoms with Gasteiger partial charge in [-0.2, -0.15) is 0 Å². The average molecular weight is 287 g/mol. The van der Waals surface area contributed by atoms with Crippen molar-refractivity contribution in [2.24, 2.45) is 0 Å². The molecule has 4 nitrogen and oxygen atoms in total. The zero-order valence-corrected chi connectivity index (χ0v) is 10.7. The first-order valence-corrected chi connectivity index (χ1v) is 6.03. The summed E-state index contributed by atoms with van der Waals surface area (Å²) in [6.45, 7) is 2.04. The van der Waals surface area contributed by atoms with Gasteiger partial charge in [0.1, 0.15) is 11.9 Å². The highest BCUT2D eigenvalue weighted by molar-refractivity contribution is 9.10. The summed E-state index contributed by atoms with van der Waals surface area (Å²) in [6.07, 6.45) is 4.11. The van der Waals surface area contributed by atoms with E-state index in [-0.39, 0.29) is 0 Å². The van der Waals surface area contributed by atoms with E-state index in [1.54, 1.807) is 18.3 Å². The van der Waals surface area contributed by atoms with Crippen LogP contribution in [0.4, 0.5) is 5.82 Å². The molecule has 0 saturated heterocycles. The van der Waals surface area contributed by atoms with Crippen LogP contribution in [0.25, 0.3) is 0 Å². The van der Waals surface area contributed by atoms with Gasteiger partial charge < -0.3 is 10.4 Å². The van der Waals surface area contributed by atoms with Crippen LogP contribution < -0.4 is 5.32 Å². The molecule has 0 spiro atoms. The molecule has 1 aromatic rings. The number of aliphatic carboxylic acids is 1. The molecule has 1 atom stereocenters. The number of rotatable bonds is 6. The lowest BCUT2D eigenvalue weighted by molar-refractivity contribution is -0.138. The Morgan fingerprint density at radius 1 is 1.69 bits per heavy atom. The van der Waals surface area contributed by atoms with Crippen molar-refractivity contribution >= 4 is 27.7 Å². The summed E-state index contributed by atoms with van der Waals surface area (Å²) in [5, 5.41) is 11.9. The molecule has 0 aromatic carbocycles. The second-order valence-corrected chi connectivity index (χ2v) is 4.45. The van der Waals surface area contributed by atoms with E-state index in [9.17, 15) is 4.79 Å². The first-order chi connectivity index (χ1) is 7.63. The van der Waals surface area contributed by atoms with E-state index < -0.39 is 12.0 Å². The summed E-state index contributed by atoms with van der Waals surface area (Å²) in [6, 6.07) is 3.00. The van der Waals surface area contributed by atoms with E-state index >= 15 is 0 Å². The maximum absolute atomic E-state index is 11.0. The average Bonchev–Trinajstić information content (AvgIpc) is 2.24. The van der Waals surface area contributed by atoms with Crippen LogP contribution >= 0.6 is 15.9 Å². The Morgan fingerprint density at radius 2 is 2.44 bits per heavy atom. The number of anilines is 1. The maximum Gasteiger partial charge on any atom is 0.326 e. The van der Waals surface area contributed by atoms with Crippen LogP contribution in [0.15, 0.2) is 22.8 Å². The van der Waals surface area contributed by atoms with Gasteiger partial charge in [0.2, 0.25) is 0 Å². The van der Waals surface area contributed by atoms with E-state index in [1.165, 1.54) is 0 Å². The van der Waals surface area contributed by atoms with Gasteiger partial charge in [-0.1, -0.05) is 35.7 Å². The minimum absolute atomic E-state index is 0.568. The van der Waals surface area contributed by atoms with Crippen molar-refractivity contribution in [3.63, 3.8) is 0 Å². The number of carboxylic acid groups (broad SMARTS) is 1. The van der Waals surface area contributed by atoms with E-state index in [0.717, 1.165) is 17.3 Å². The van der Waals surface area contributed by atoms with Crippen LogP contribution in [0.1, 0.15) is 26.2 Å². The molecule has 0 aliphatic heterocycles. The minimum atomic E-state index is -0.838. The highest BCUT2D eigenvalue weighted by Gasteiger charge is 2.16. The Balaban J connectivity index is 2.64. The van der Waals surface area contributed by atoms with Crippen molar-refractivity contribution in [2.45, 2.75) is 32.2 Å². The third kappa shape index (κ3) is 4.18. The van der Waals surface area contributed by atoms with Gasteiger partial charge in [0.05, 0.1) is 0 Å². The lowest BCUT2D eigenvalue weighted by atomic mass is 10.1. The molecule has 0 fully saturated rings. The summed E-state index contributed by atoms with van der Waals surface area (Å²) >= 11 is 3.31. The number of carbonyl (C=O) groups is 1. The molecule has 1 heterocycles. The van der Waals surface area contributed by atoms with E-state index in [1.807, 2.05) is 6.92 Å². The van der Waals surface area contributed by atoms with Crippen LogP contribution in [0.2, 0.25) is 0 Å². The molecule has 0 aliphatic rings. The SMILES string of the molecule is CCCCC(Nc1cc(Br)ccn1)C(=O)O. The van der Waals surface area contributed by atoms with Crippen molar-refractivity contribution in [2.75, 3.05) is 5.32 Å². The smallest absolute Gasteiger partial charge is 0.326 e. The van der Waals surface area contributed by atoms with Crippen LogP contribution in [-0.2, 0) is 4.79 Å². The standard InChI is InChI=1S/C11H15BrN2O2/c1-2-3-4-9(11(15)16)14-10-7-8(12)5-6-13-10/h5-7,9H,2-4H2,1H3,(H,13,14)(H,15,16). The fourth-order valence-electron chi connectivity index (χ4n) is 1.33. The first kappa shape index (κ1) is 13.0. The number of hydrogen-bond donors (Lipinski definition) is 2. The van der Waals surface area contributed by atoms with Crippen molar-refractivity contribution in [3.05, 3.63) is 22.8 Å². The zero-order valence-electron chi connectivity index (χ0n) is 9.11. The molecular formula is C11H15BrN2O2. The quantitative estimate of drug-likeness (QED) is 0.844. The molecule has 16 heavy (non-hydrogen) atoms. The zero-order chi connectivity index (χ0) is 12.0. The van der Waals surface area contributed by atoms with Gasteiger partial charge in [0, 0.05) is 10.7 Å². The molecule has 88 valence electrons. The number of carboxylic acids is 1. The second-order valence-electron chi connectivity index (χ2n) is 3.54. The fraction of sp³-hybridized carbons (Fsp3) is 0.455. The van der Waals surface area contributed by atoms with Crippen LogP contribution in [0.5, 0.6) is 0 Å². The van der Waals surface area contributed by atoms with Gasteiger partial charge in [-0.3, -0.25) is 0 Å². The molecule has 0 aliphatic carbocycles. The Bertz CT molecular complexity index is 358. The third-order valence-corrected chi connectivity index (χ3v) is 2.68. The van der Waals surface area contributed by atoms with E-state index in [2.05, 4.69) is 26.2 Å². The molecule has 1 rings (SSSR count). The van der Waals surface area contributed by atoms with Crippen LogP contribution in [-0.4, -0.2) is 22.1 Å². The topological polar surface area (TPSA) is 62.2 Å². The molecule has 2 N–H and O–H groups in total. The summed E-state index contributed by atoms with van der Waals surface area (Å²) < 4.78 is 0.879. The summed E-state index contributed by atoms with van der Waals surface area (Å²) in [4.78, 5) is 15.1. The van der Waals surface area contributed by atoms with Gasteiger partial charge in [0.25, 0.3) is 0 Å². The number of aromatic nitrogens is 1. The number of nitrogens with zero attached hydrogens (tertiary/aromatic N) is 1. The monoisotopic (exact) mass is 286 g/mol. The Morgan fingerprint density at radius 3 is 3.00 bits per heavy atom. The highest BCUT2D eigenvalue weighted by Crippen LogP contribution is 2.15. The second kappa shape index (κ2) is 6.48. The number of nitrogens with one attached hydrogen (secondary N) is 1. The fourth-order valence-corrected chi connectivity index (χ4v) is 1.66. The minimum Gasteiger partial charge on any atom is -0.480 e. The van der Waals surface area contributed by atoms with Crippen LogP contribution in [0, 0.1) is 0 Å². The summed E-state index contributed by atoms with van der Waals surface area (Å²) in [5.41, 5.74) is 0. The van der Waals surface area contributed by atoms with Crippen molar-refractivity contribution < 1.29 is 9.90 Å². The number of hydrogen-bond acceptors (Lipinski definition) is 3. The van der Waals surface area contributed by atoms with E-state index in [4.69, 9.17) is 5.11 Å². The number of pyridine rings is 1. The third-order valence-electron chi connectivity index (χ3n) is 2.19. The molecule has 1 unspecified atom stereocenters. The number of halogens is 1. The molecular weight excluding hydrogens is 272 g/mol. The van der Waals surface area contributed by atoms with Gasteiger partial charge in [0.15, 0.2) is 0 Å². The van der Waals surface area contributed by atoms with Gasteiger partial charge in [-0.15, -0.1) is 0 Å². The lowest BCUT2D eigenvalue weighted by Gasteiger charge is -2.14. The lowest BCUT2D eigenvalue weighted by Crippen LogP contribution is -2.29. The molecule has 0 bridgehead atoms. The summed E-state index contributed by atoms with van der Waals surface area (Å²) in [7, 11) is 0. The predicted molar refractivity (Wildman–Crippen MR) is 66.5 cm³/mol. The van der Waals surface area contributed by atoms with Crippen molar-refractivity contribution in [1.29, 1.82) is 0 Å². The molecule has 1 aromatic heterocycles. The molecule has 0 amide bonds. The maximum atomic E-state index is 11.0.